The lowest BCUT2D eigenvalue weighted by atomic mass is 10.1. The highest BCUT2D eigenvalue weighted by Crippen LogP contribution is 2.14. The molecular formula is C11H19N3O2. The number of carbonyl (C=O) groups excluding carboxylic acids is 2. The minimum Gasteiger partial charge on any atom is -0.344 e. The standard InChI is InChI=1S/C11H19N3O2/c1-14(8-3-2-6-12-7-8)11(16)9-4-5-10(15)13-9/h8-9,12H,2-7H2,1H3,(H,13,15). The Morgan fingerprint density at radius 3 is 2.81 bits per heavy atom. The number of hydrogen-bond acceptors (Lipinski definition) is 3. The van der Waals surface area contributed by atoms with Gasteiger partial charge in [-0.1, -0.05) is 0 Å². The summed E-state index contributed by atoms with van der Waals surface area (Å²) in [7, 11) is 1.84. The van der Waals surface area contributed by atoms with Crippen molar-refractivity contribution in [1.82, 2.24) is 15.5 Å². The normalized spacial score (nSPS) is 29.9. The first kappa shape index (κ1) is 11.4. The molecule has 0 aliphatic carbocycles. The van der Waals surface area contributed by atoms with Gasteiger partial charge in [-0.25, -0.2) is 0 Å². The zero-order chi connectivity index (χ0) is 11.5. The highest BCUT2D eigenvalue weighted by molar-refractivity contribution is 5.90. The molecule has 16 heavy (non-hydrogen) atoms. The van der Waals surface area contributed by atoms with E-state index in [1.807, 2.05) is 7.05 Å². The van der Waals surface area contributed by atoms with Crippen LogP contribution in [-0.4, -0.2) is 48.9 Å². The zero-order valence-corrected chi connectivity index (χ0v) is 9.66. The van der Waals surface area contributed by atoms with Gasteiger partial charge in [0.2, 0.25) is 11.8 Å². The molecule has 2 atom stereocenters. The lowest BCUT2D eigenvalue weighted by Crippen LogP contribution is -2.51. The Balaban J connectivity index is 1.90. The van der Waals surface area contributed by atoms with Gasteiger partial charge in [-0.05, 0) is 25.8 Å². The smallest absolute Gasteiger partial charge is 0.245 e. The minimum absolute atomic E-state index is 0.00600. The average molecular weight is 225 g/mol. The van der Waals surface area contributed by atoms with Crippen LogP contribution >= 0.6 is 0 Å². The number of carbonyl (C=O) groups is 2. The molecule has 90 valence electrons. The first-order valence-electron chi connectivity index (χ1n) is 5.95. The molecule has 0 aromatic rings. The van der Waals surface area contributed by atoms with Gasteiger partial charge in [0.1, 0.15) is 6.04 Å². The summed E-state index contributed by atoms with van der Waals surface area (Å²) in [4.78, 5) is 24.9. The maximum absolute atomic E-state index is 12.1. The summed E-state index contributed by atoms with van der Waals surface area (Å²) in [5.74, 6) is 0.0491. The summed E-state index contributed by atoms with van der Waals surface area (Å²) >= 11 is 0. The number of hydrogen-bond donors (Lipinski definition) is 2. The Hall–Kier alpha value is -1.10. The van der Waals surface area contributed by atoms with Crippen LogP contribution in [0.3, 0.4) is 0 Å². The van der Waals surface area contributed by atoms with Crippen molar-refractivity contribution in [3.63, 3.8) is 0 Å². The van der Waals surface area contributed by atoms with Gasteiger partial charge in [-0.3, -0.25) is 9.59 Å². The molecule has 0 aromatic heterocycles. The molecule has 2 N–H and O–H groups in total. The molecule has 2 rings (SSSR count). The first-order chi connectivity index (χ1) is 7.68. The molecule has 2 aliphatic heterocycles. The second kappa shape index (κ2) is 4.82. The number of likely N-dealkylation sites (N-methyl/N-ethyl adjacent to an activating group) is 1. The van der Waals surface area contributed by atoms with Gasteiger partial charge in [-0.2, -0.15) is 0 Å². The van der Waals surface area contributed by atoms with Crippen molar-refractivity contribution >= 4 is 11.8 Å². The Labute approximate surface area is 95.6 Å². The van der Waals surface area contributed by atoms with Gasteiger partial charge in [0.05, 0.1) is 0 Å². The van der Waals surface area contributed by atoms with E-state index in [9.17, 15) is 9.59 Å². The van der Waals surface area contributed by atoms with E-state index < -0.39 is 0 Å². The molecule has 5 heteroatoms. The van der Waals surface area contributed by atoms with Crippen molar-refractivity contribution in [2.45, 2.75) is 37.8 Å². The summed E-state index contributed by atoms with van der Waals surface area (Å²) in [5, 5.41) is 6.01. The summed E-state index contributed by atoms with van der Waals surface area (Å²) in [6.45, 7) is 1.90. The molecule has 2 aliphatic rings. The largest absolute Gasteiger partial charge is 0.344 e. The quantitative estimate of drug-likeness (QED) is 0.664. The SMILES string of the molecule is CN(C(=O)C1CCC(=O)N1)C1CCCNC1. The van der Waals surface area contributed by atoms with Crippen LogP contribution in [0.25, 0.3) is 0 Å². The minimum atomic E-state index is -0.292. The van der Waals surface area contributed by atoms with E-state index in [2.05, 4.69) is 10.6 Å². The average Bonchev–Trinajstić information content (AvgIpc) is 2.75. The topological polar surface area (TPSA) is 61.4 Å². The highest BCUT2D eigenvalue weighted by Gasteiger charge is 2.32. The van der Waals surface area contributed by atoms with E-state index in [4.69, 9.17) is 0 Å². The van der Waals surface area contributed by atoms with E-state index in [1.165, 1.54) is 0 Å². The highest BCUT2D eigenvalue weighted by atomic mass is 16.2. The Kier molecular flexibility index (Phi) is 3.43. The molecule has 2 amide bonds. The maximum atomic E-state index is 12.1. The second-order valence-electron chi connectivity index (χ2n) is 4.61. The molecule has 0 aromatic carbocycles. The van der Waals surface area contributed by atoms with E-state index in [1.54, 1.807) is 4.90 Å². The Morgan fingerprint density at radius 1 is 1.44 bits per heavy atom. The van der Waals surface area contributed by atoms with E-state index in [-0.39, 0.29) is 23.9 Å². The monoisotopic (exact) mass is 225 g/mol. The van der Waals surface area contributed by atoms with Gasteiger partial charge in [0, 0.05) is 26.1 Å². The van der Waals surface area contributed by atoms with Crippen LogP contribution < -0.4 is 10.6 Å². The third-order valence-electron chi connectivity index (χ3n) is 3.46. The number of nitrogens with one attached hydrogen (secondary N) is 2. The summed E-state index contributed by atoms with van der Waals surface area (Å²) in [6.07, 6.45) is 3.28. The van der Waals surface area contributed by atoms with Crippen molar-refractivity contribution < 1.29 is 9.59 Å². The third-order valence-corrected chi connectivity index (χ3v) is 3.46. The predicted octanol–water partition coefficient (Wildman–Crippen LogP) is -0.525. The van der Waals surface area contributed by atoms with Crippen LogP contribution in [0.15, 0.2) is 0 Å². The molecule has 0 radical (unpaired) electrons. The molecule has 0 bridgehead atoms. The number of piperidine rings is 1. The number of nitrogens with zero attached hydrogens (tertiary/aromatic N) is 1. The summed E-state index contributed by atoms with van der Waals surface area (Å²) in [6, 6.07) is -0.0156. The van der Waals surface area contributed by atoms with Gasteiger partial charge in [0.25, 0.3) is 0 Å². The van der Waals surface area contributed by atoms with Crippen molar-refractivity contribution in [2.75, 3.05) is 20.1 Å². The predicted molar refractivity (Wildman–Crippen MR) is 59.8 cm³/mol. The van der Waals surface area contributed by atoms with E-state index in [0.717, 1.165) is 25.9 Å². The fourth-order valence-electron chi connectivity index (χ4n) is 2.39. The Morgan fingerprint density at radius 2 is 2.25 bits per heavy atom. The van der Waals surface area contributed by atoms with Crippen LogP contribution in [0.5, 0.6) is 0 Å². The van der Waals surface area contributed by atoms with Gasteiger partial charge >= 0.3 is 0 Å². The van der Waals surface area contributed by atoms with Crippen LogP contribution in [0.4, 0.5) is 0 Å². The molecule has 2 fully saturated rings. The van der Waals surface area contributed by atoms with Gasteiger partial charge in [-0.15, -0.1) is 0 Å². The summed E-state index contributed by atoms with van der Waals surface area (Å²) in [5.41, 5.74) is 0. The fraction of sp³-hybridized carbons (Fsp3) is 0.818. The number of amides is 2. The molecule has 2 unspecified atom stereocenters. The van der Waals surface area contributed by atoms with Crippen molar-refractivity contribution in [3.8, 4) is 0 Å². The van der Waals surface area contributed by atoms with Crippen molar-refractivity contribution in [3.05, 3.63) is 0 Å². The van der Waals surface area contributed by atoms with Crippen LogP contribution in [0.1, 0.15) is 25.7 Å². The fourth-order valence-corrected chi connectivity index (χ4v) is 2.39. The Bertz CT molecular complexity index is 287. The first-order valence-corrected chi connectivity index (χ1v) is 5.95. The molecule has 0 spiro atoms. The third kappa shape index (κ3) is 2.35. The lowest BCUT2D eigenvalue weighted by Gasteiger charge is -2.33. The van der Waals surface area contributed by atoms with Crippen LogP contribution in [0, 0.1) is 0 Å². The zero-order valence-electron chi connectivity index (χ0n) is 9.66. The van der Waals surface area contributed by atoms with E-state index in [0.29, 0.717) is 12.8 Å². The molecule has 2 heterocycles. The maximum Gasteiger partial charge on any atom is 0.245 e. The van der Waals surface area contributed by atoms with Crippen molar-refractivity contribution in [1.29, 1.82) is 0 Å². The molecule has 2 saturated heterocycles. The molecular weight excluding hydrogens is 206 g/mol. The second-order valence-corrected chi connectivity index (χ2v) is 4.61. The van der Waals surface area contributed by atoms with Crippen LogP contribution in [0.2, 0.25) is 0 Å². The van der Waals surface area contributed by atoms with Gasteiger partial charge in [0.15, 0.2) is 0 Å². The summed E-state index contributed by atoms with van der Waals surface area (Å²) < 4.78 is 0. The lowest BCUT2D eigenvalue weighted by molar-refractivity contribution is -0.135. The van der Waals surface area contributed by atoms with Crippen molar-refractivity contribution in [2.24, 2.45) is 0 Å². The molecule has 0 saturated carbocycles. The number of rotatable bonds is 2. The molecule has 5 nitrogen and oxygen atoms in total. The van der Waals surface area contributed by atoms with Gasteiger partial charge < -0.3 is 15.5 Å². The van der Waals surface area contributed by atoms with Crippen LogP contribution in [-0.2, 0) is 9.59 Å². The van der Waals surface area contributed by atoms with E-state index >= 15 is 0 Å².